The van der Waals surface area contributed by atoms with Crippen LogP contribution in [0.1, 0.15) is 10.4 Å². The molecule has 10 heteroatoms. The Morgan fingerprint density at radius 2 is 1.88 bits per heavy atom. The van der Waals surface area contributed by atoms with Crippen LogP contribution < -0.4 is 15.8 Å². The molecular formula is C22H17N3O7. The van der Waals surface area contributed by atoms with E-state index in [0.29, 0.717) is 22.6 Å². The minimum atomic E-state index is -0.957. The summed E-state index contributed by atoms with van der Waals surface area (Å²) in [4.78, 5) is 34.9. The fourth-order valence-corrected chi connectivity index (χ4v) is 3.25. The third kappa shape index (κ3) is 3.88. The lowest BCUT2D eigenvalue weighted by molar-refractivity contribution is -0.384. The molecule has 0 radical (unpaired) electrons. The molecule has 1 heterocycles. The quantitative estimate of drug-likeness (QED) is 0.201. The van der Waals surface area contributed by atoms with Crippen LogP contribution in [0.25, 0.3) is 21.9 Å². The summed E-state index contributed by atoms with van der Waals surface area (Å²) in [5, 5.41) is 15.2. The number of ether oxygens (including phenoxy) is 2. The molecule has 0 spiro atoms. The number of non-ortho nitro benzene ring substituents is 1. The van der Waals surface area contributed by atoms with Gasteiger partial charge in [-0.15, -0.1) is 0 Å². The van der Waals surface area contributed by atoms with Gasteiger partial charge in [0.15, 0.2) is 6.61 Å². The van der Waals surface area contributed by atoms with Gasteiger partial charge in [-0.1, -0.05) is 18.2 Å². The number of nitrogens with two attached hydrogens (primary N) is 1. The zero-order chi connectivity index (χ0) is 22.8. The summed E-state index contributed by atoms with van der Waals surface area (Å²) in [6, 6.07) is 14.2. The van der Waals surface area contributed by atoms with Gasteiger partial charge in [0, 0.05) is 34.7 Å². The van der Waals surface area contributed by atoms with Crippen molar-refractivity contribution < 1.29 is 28.4 Å². The normalized spacial score (nSPS) is 10.8. The molecule has 4 rings (SSSR count). The Bertz CT molecular complexity index is 1380. The lowest BCUT2D eigenvalue weighted by Crippen LogP contribution is -2.21. The molecule has 0 aliphatic heterocycles. The van der Waals surface area contributed by atoms with Crippen LogP contribution in [0.4, 0.5) is 17.1 Å². The summed E-state index contributed by atoms with van der Waals surface area (Å²) < 4.78 is 16.2. The number of hydrogen-bond donors (Lipinski definition) is 2. The van der Waals surface area contributed by atoms with E-state index in [1.165, 1.54) is 19.2 Å². The Balaban J connectivity index is 1.50. The first-order valence-electron chi connectivity index (χ1n) is 9.37. The molecular weight excluding hydrogens is 418 g/mol. The van der Waals surface area contributed by atoms with E-state index in [4.69, 9.17) is 19.6 Å². The van der Waals surface area contributed by atoms with Gasteiger partial charge in [0.05, 0.1) is 23.3 Å². The largest absolute Gasteiger partial charge is 0.495 e. The van der Waals surface area contributed by atoms with E-state index >= 15 is 0 Å². The lowest BCUT2D eigenvalue weighted by atomic mass is 10.1. The maximum absolute atomic E-state index is 12.4. The maximum Gasteiger partial charge on any atom is 0.341 e. The summed E-state index contributed by atoms with van der Waals surface area (Å²) in [7, 11) is 1.46. The molecule has 0 atom stereocenters. The van der Waals surface area contributed by atoms with Crippen LogP contribution in [0.15, 0.2) is 59.0 Å². The first-order chi connectivity index (χ1) is 15.4. The number of esters is 1. The Morgan fingerprint density at radius 1 is 1.09 bits per heavy atom. The van der Waals surface area contributed by atoms with Crippen molar-refractivity contribution in [1.29, 1.82) is 0 Å². The first kappa shape index (κ1) is 20.7. The minimum absolute atomic E-state index is 0.00184. The number of rotatable bonds is 6. The molecule has 10 nitrogen and oxygen atoms in total. The fraction of sp³-hybridized carbons (Fsp3) is 0.0909. The fourth-order valence-electron chi connectivity index (χ4n) is 3.25. The molecule has 3 N–H and O–H groups in total. The summed E-state index contributed by atoms with van der Waals surface area (Å²) in [5.74, 6) is -1.20. The van der Waals surface area contributed by atoms with Crippen molar-refractivity contribution in [1.82, 2.24) is 0 Å². The average Bonchev–Trinajstić information content (AvgIpc) is 3.14. The summed E-state index contributed by atoms with van der Waals surface area (Å²) in [5.41, 5.74) is 6.73. The highest BCUT2D eigenvalue weighted by Gasteiger charge is 2.19. The van der Waals surface area contributed by atoms with Gasteiger partial charge in [-0.25, -0.2) is 4.79 Å². The average molecular weight is 435 g/mol. The smallest absolute Gasteiger partial charge is 0.341 e. The van der Waals surface area contributed by atoms with Crippen molar-refractivity contribution in [2.24, 2.45) is 0 Å². The monoisotopic (exact) mass is 435 g/mol. The van der Waals surface area contributed by atoms with Gasteiger partial charge in [0.25, 0.3) is 11.6 Å². The molecule has 4 aromatic rings. The van der Waals surface area contributed by atoms with E-state index in [-0.39, 0.29) is 16.9 Å². The van der Waals surface area contributed by atoms with Crippen LogP contribution in [-0.2, 0) is 9.53 Å². The van der Waals surface area contributed by atoms with Crippen molar-refractivity contribution in [2.45, 2.75) is 0 Å². The lowest BCUT2D eigenvalue weighted by Gasteiger charge is -2.11. The Kier molecular flexibility index (Phi) is 5.34. The van der Waals surface area contributed by atoms with Gasteiger partial charge in [0.1, 0.15) is 16.9 Å². The highest BCUT2D eigenvalue weighted by atomic mass is 16.6. The summed E-state index contributed by atoms with van der Waals surface area (Å²) in [6.45, 7) is -0.637. The van der Waals surface area contributed by atoms with Crippen molar-refractivity contribution in [3.63, 3.8) is 0 Å². The van der Waals surface area contributed by atoms with Crippen LogP contribution in [0, 0.1) is 10.1 Å². The topological polar surface area (TPSA) is 147 Å². The number of amides is 1. The maximum atomic E-state index is 12.4. The molecule has 1 aromatic heterocycles. The number of furan rings is 1. The number of nitro groups is 1. The molecule has 0 saturated carbocycles. The molecule has 0 fully saturated rings. The number of carbonyl (C=O) groups is 2. The first-order valence-corrected chi connectivity index (χ1v) is 9.37. The third-order valence-corrected chi connectivity index (χ3v) is 4.77. The number of nitrogen functional groups attached to an aromatic ring is 1. The molecule has 1 amide bonds. The number of hydrogen-bond acceptors (Lipinski definition) is 8. The second-order valence-electron chi connectivity index (χ2n) is 6.80. The second kappa shape index (κ2) is 8.26. The third-order valence-electron chi connectivity index (χ3n) is 4.77. The Labute approximate surface area is 180 Å². The van der Waals surface area contributed by atoms with E-state index < -0.39 is 23.4 Å². The molecule has 0 unspecified atom stereocenters. The summed E-state index contributed by atoms with van der Waals surface area (Å²) >= 11 is 0. The van der Waals surface area contributed by atoms with Crippen LogP contribution in [0.5, 0.6) is 5.75 Å². The minimum Gasteiger partial charge on any atom is -0.495 e. The molecule has 32 heavy (non-hydrogen) atoms. The SMILES string of the molecule is COc1cc2c(cc1NC(=O)COC(=O)c1cc([N+](=O)[O-])ccc1N)oc1ccccc12. The standard InChI is InChI=1S/C22H17N3O7/c1-30-20-9-14-13-4-2-3-5-18(13)32-19(14)10-17(20)24-21(26)11-31-22(27)15-8-12(25(28)29)6-7-16(15)23/h2-10H,11,23H2,1H3,(H,24,26). The van der Waals surface area contributed by atoms with E-state index in [0.717, 1.165) is 16.8 Å². The van der Waals surface area contributed by atoms with Gasteiger partial charge in [0.2, 0.25) is 0 Å². The highest BCUT2D eigenvalue weighted by molar-refractivity contribution is 6.08. The number of nitrogens with one attached hydrogen (secondary N) is 1. The van der Waals surface area contributed by atoms with Crippen molar-refractivity contribution >= 4 is 50.9 Å². The van der Waals surface area contributed by atoms with Gasteiger partial charge in [-0.2, -0.15) is 0 Å². The number of carbonyl (C=O) groups excluding carboxylic acids is 2. The molecule has 0 aliphatic carbocycles. The van der Waals surface area contributed by atoms with Gasteiger partial charge in [-0.05, 0) is 18.2 Å². The second-order valence-corrected chi connectivity index (χ2v) is 6.80. The van der Waals surface area contributed by atoms with E-state index in [1.807, 2.05) is 24.3 Å². The van der Waals surface area contributed by atoms with Crippen LogP contribution in [-0.4, -0.2) is 30.5 Å². The van der Waals surface area contributed by atoms with Gasteiger partial charge >= 0.3 is 5.97 Å². The Morgan fingerprint density at radius 3 is 2.62 bits per heavy atom. The molecule has 162 valence electrons. The van der Waals surface area contributed by atoms with Crippen LogP contribution in [0.2, 0.25) is 0 Å². The van der Waals surface area contributed by atoms with Crippen molar-refractivity contribution in [3.8, 4) is 5.75 Å². The highest BCUT2D eigenvalue weighted by Crippen LogP contribution is 2.36. The molecule has 0 saturated heterocycles. The van der Waals surface area contributed by atoms with Gasteiger partial charge in [-0.3, -0.25) is 14.9 Å². The number of anilines is 2. The molecule has 0 bridgehead atoms. The summed E-state index contributed by atoms with van der Waals surface area (Å²) in [6.07, 6.45) is 0. The van der Waals surface area contributed by atoms with E-state index in [2.05, 4.69) is 5.32 Å². The predicted octanol–water partition coefficient (Wildman–Crippen LogP) is 3.88. The number of methoxy groups -OCH3 is 1. The zero-order valence-electron chi connectivity index (χ0n) is 16.8. The number of nitrogens with zero attached hydrogens (tertiary/aromatic N) is 1. The van der Waals surface area contributed by atoms with Crippen LogP contribution in [0.3, 0.4) is 0 Å². The van der Waals surface area contributed by atoms with E-state index in [9.17, 15) is 19.7 Å². The number of benzene rings is 3. The van der Waals surface area contributed by atoms with Crippen molar-refractivity contribution in [3.05, 3.63) is 70.3 Å². The predicted molar refractivity (Wildman–Crippen MR) is 117 cm³/mol. The number of para-hydroxylation sites is 1. The van der Waals surface area contributed by atoms with E-state index in [1.54, 1.807) is 12.1 Å². The zero-order valence-corrected chi connectivity index (χ0v) is 16.8. The Hall–Kier alpha value is -4.60. The van der Waals surface area contributed by atoms with Gasteiger partial charge < -0.3 is 24.9 Å². The number of fused-ring (bicyclic) bond motifs is 3. The number of nitro benzene ring substituents is 1. The molecule has 3 aromatic carbocycles. The molecule has 0 aliphatic rings. The van der Waals surface area contributed by atoms with Crippen LogP contribution >= 0.6 is 0 Å². The van der Waals surface area contributed by atoms with Crippen molar-refractivity contribution in [2.75, 3.05) is 24.8 Å².